The molecule has 0 nitrogen and oxygen atoms in total. The molecule has 1 aliphatic rings. The van der Waals surface area contributed by atoms with Crippen molar-refractivity contribution in [3.05, 3.63) is 24.3 Å². The number of rotatable bonds is 0. The van der Waals surface area contributed by atoms with E-state index in [0.29, 0.717) is 17.3 Å². The third-order valence-corrected chi connectivity index (χ3v) is 3.60. The fraction of sp³-hybridized carbons (Fsp3) is 0.733. The van der Waals surface area contributed by atoms with Gasteiger partial charge in [0.05, 0.1) is 0 Å². The van der Waals surface area contributed by atoms with Gasteiger partial charge < -0.3 is 0 Å². The first-order valence-electron chi connectivity index (χ1n) is 5.91. The molecule has 1 saturated carbocycles. The number of allylic oxidation sites excluding steroid dienone is 2. The second kappa shape index (κ2) is 3.50. The Hall–Kier alpha value is -0.520. The molecule has 1 fully saturated rings. The highest BCUT2D eigenvalue weighted by Crippen LogP contribution is 2.53. The van der Waals surface area contributed by atoms with Crippen LogP contribution in [0.1, 0.15) is 48.0 Å². The van der Waals surface area contributed by atoms with Crippen molar-refractivity contribution >= 4 is 0 Å². The van der Waals surface area contributed by atoms with Crippen LogP contribution in [0, 0.1) is 22.7 Å². The van der Waals surface area contributed by atoms with E-state index in [4.69, 9.17) is 0 Å². The summed E-state index contributed by atoms with van der Waals surface area (Å²) in [6, 6.07) is 0. The summed E-state index contributed by atoms with van der Waals surface area (Å²) in [5.74, 6) is 1.11. The average Bonchev–Trinajstić information content (AvgIpc) is 2.22. The molecule has 15 heavy (non-hydrogen) atoms. The molecule has 0 saturated heterocycles. The maximum Gasteiger partial charge on any atom is 0.00534 e. The molecule has 0 aliphatic heterocycles. The zero-order chi connectivity index (χ0) is 12.0. The second-order valence-electron chi connectivity index (χ2n) is 7.15. The molecule has 0 heteroatoms. The van der Waals surface area contributed by atoms with Crippen LogP contribution in [-0.2, 0) is 0 Å². The largest absolute Gasteiger partial charge is 0.0992 e. The Balaban J connectivity index is 3.00. The van der Waals surface area contributed by atoms with Crippen molar-refractivity contribution in [2.24, 2.45) is 22.7 Å². The predicted octanol–water partition coefficient (Wildman–Crippen LogP) is 4.83. The van der Waals surface area contributed by atoms with Crippen molar-refractivity contribution in [2.75, 3.05) is 0 Å². The highest BCUT2D eigenvalue weighted by Gasteiger charge is 2.43. The van der Waals surface area contributed by atoms with Crippen LogP contribution in [0.5, 0.6) is 0 Å². The van der Waals surface area contributed by atoms with Crippen molar-refractivity contribution in [1.29, 1.82) is 0 Å². The van der Waals surface area contributed by atoms with E-state index in [1.165, 1.54) is 11.1 Å². The summed E-state index contributed by atoms with van der Waals surface area (Å²) < 4.78 is 0. The molecule has 0 bridgehead atoms. The van der Waals surface area contributed by atoms with E-state index in [-0.39, 0.29) is 5.41 Å². The lowest BCUT2D eigenvalue weighted by molar-refractivity contribution is 0.271. The molecule has 1 aliphatic carbocycles. The van der Waals surface area contributed by atoms with Gasteiger partial charge in [-0.15, -0.1) is 0 Å². The maximum absolute atomic E-state index is 4.34. The van der Waals surface area contributed by atoms with Crippen LogP contribution in [0.2, 0.25) is 0 Å². The molecule has 2 atom stereocenters. The number of hydrogen-bond acceptors (Lipinski definition) is 0. The smallest absolute Gasteiger partial charge is 0.00534 e. The van der Waals surface area contributed by atoms with Gasteiger partial charge in [0.1, 0.15) is 0 Å². The van der Waals surface area contributed by atoms with Crippen molar-refractivity contribution in [3.63, 3.8) is 0 Å². The third-order valence-electron chi connectivity index (χ3n) is 3.60. The van der Waals surface area contributed by atoms with Crippen LogP contribution in [-0.4, -0.2) is 0 Å². The molecule has 0 heterocycles. The molecule has 0 spiro atoms. The standard InChI is InChI=1S/C15H26/c1-10-9-12(14(3,4)5)11(2)13(10)15(6,7)8/h12-13H,1-2,9H2,3-8H3. The van der Waals surface area contributed by atoms with Gasteiger partial charge in [-0.3, -0.25) is 0 Å². The zero-order valence-electron chi connectivity index (χ0n) is 11.3. The maximum atomic E-state index is 4.34. The van der Waals surface area contributed by atoms with E-state index < -0.39 is 0 Å². The summed E-state index contributed by atoms with van der Waals surface area (Å²) in [4.78, 5) is 0. The van der Waals surface area contributed by atoms with Crippen LogP contribution in [0.15, 0.2) is 24.3 Å². The number of hydrogen-bond donors (Lipinski definition) is 0. The van der Waals surface area contributed by atoms with E-state index in [1.54, 1.807) is 0 Å². The Morgan fingerprint density at radius 2 is 1.40 bits per heavy atom. The first kappa shape index (κ1) is 12.5. The molecule has 0 N–H and O–H groups in total. The van der Waals surface area contributed by atoms with E-state index in [9.17, 15) is 0 Å². The molecule has 0 aromatic heterocycles. The van der Waals surface area contributed by atoms with Gasteiger partial charge in [0.15, 0.2) is 0 Å². The van der Waals surface area contributed by atoms with E-state index in [2.05, 4.69) is 54.7 Å². The summed E-state index contributed by atoms with van der Waals surface area (Å²) in [7, 11) is 0. The summed E-state index contributed by atoms with van der Waals surface area (Å²) in [6.45, 7) is 22.4. The molecule has 2 unspecified atom stereocenters. The lowest BCUT2D eigenvalue weighted by Crippen LogP contribution is -2.24. The highest BCUT2D eigenvalue weighted by molar-refractivity contribution is 5.31. The van der Waals surface area contributed by atoms with Gasteiger partial charge in [-0.1, -0.05) is 65.8 Å². The SMILES string of the molecule is C=C1CC(C(C)(C)C)C(=C)C1C(C)(C)C. The quantitative estimate of drug-likeness (QED) is 0.498. The Kier molecular flexibility index (Phi) is 2.93. The second-order valence-corrected chi connectivity index (χ2v) is 7.15. The first-order valence-corrected chi connectivity index (χ1v) is 5.91. The minimum Gasteiger partial charge on any atom is -0.0992 e. The van der Waals surface area contributed by atoms with Crippen molar-refractivity contribution in [1.82, 2.24) is 0 Å². The molecular formula is C15H26. The molecule has 0 amide bonds. The Labute approximate surface area is 95.5 Å². The summed E-state index contributed by atoms with van der Waals surface area (Å²) in [6.07, 6.45) is 1.13. The van der Waals surface area contributed by atoms with Gasteiger partial charge in [0.2, 0.25) is 0 Å². The highest BCUT2D eigenvalue weighted by atomic mass is 14.5. The Morgan fingerprint density at radius 1 is 0.933 bits per heavy atom. The topological polar surface area (TPSA) is 0 Å². The van der Waals surface area contributed by atoms with Gasteiger partial charge in [0, 0.05) is 5.92 Å². The Bertz CT molecular complexity index is 280. The molecule has 86 valence electrons. The Morgan fingerprint density at radius 3 is 1.60 bits per heavy atom. The zero-order valence-corrected chi connectivity index (χ0v) is 11.3. The van der Waals surface area contributed by atoms with Crippen molar-refractivity contribution < 1.29 is 0 Å². The molecule has 0 aromatic rings. The fourth-order valence-corrected chi connectivity index (χ4v) is 3.01. The van der Waals surface area contributed by atoms with Gasteiger partial charge in [-0.05, 0) is 23.2 Å². The van der Waals surface area contributed by atoms with E-state index in [0.717, 1.165) is 6.42 Å². The summed E-state index contributed by atoms with van der Waals surface area (Å²) in [5, 5.41) is 0. The van der Waals surface area contributed by atoms with E-state index >= 15 is 0 Å². The third kappa shape index (κ3) is 2.35. The summed E-state index contributed by atoms with van der Waals surface area (Å²) in [5.41, 5.74) is 3.38. The average molecular weight is 206 g/mol. The normalized spacial score (nSPS) is 28.7. The van der Waals surface area contributed by atoms with Crippen molar-refractivity contribution in [3.8, 4) is 0 Å². The van der Waals surface area contributed by atoms with Gasteiger partial charge in [0.25, 0.3) is 0 Å². The fourth-order valence-electron chi connectivity index (χ4n) is 3.01. The minimum atomic E-state index is 0.272. The minimum absolute atomic E-state index is 0.272. The summed E-state index contributed by atoms with van der Waals surface area (Å²) >= 11 is 0. The van der Waals surface area contributed by atoms with Gasteiger partial charge in [-0.25, -0.2) is 0 Å². The van der Waals surface area contributed by atoms with Crippen LogP contribution < -0.4 is 0 Å². The first-order chi connectivity index (χ1) is 6.55. The monoisotopic (exact) mass is 206 g/mol. The molecule has 0 radical (unpaired) electrons. The molecule has 1 rings (SSSR count). The van der Waals surface area contributed by atoms with Crippen LogP contribution in [0.3, 0.4) is 0 Å². The van der Waals surface area contributed by atoms with Gasteiger partial charge >= 0.3 is 0 Å². The molecule has 0 aromatic carbocycles. The van der Waals surface area contributed by atoms with Gasteiger partial charge in [-0.2, -0.15) is 0 Å². The molecular weight excluding hydrogens is 180 g/mol. The van der Waals surface area contributed by atoms with Crippen molar-refractivity contribution in [2.45, 2.75) is 48.0 Å². The predicted molar refractivity (Wildman–Crippen MR) is 68.8 cm³/mol. The van der Waals surface area contributed by atoms with Crippen LogP contribution >= 0.6 is 0 Å². The lowest BCUT2D eigenvalue weighted by Gasteiger charge is -2.33. The van der Waals surface area contributed by atoms with Crippen LogP contribution in [0.25, 0.3) is 0 Å². The van der Waals surface area contributed by atoms with Crippen LogP contribution in [0.4, 0.5) is 0 Å². The van der Waals surface area contributed by atoms with E-state index in [1.807, 2.05) is 0 Å². The lowest BCUT2D eigenvalue weighted by atomic mass is 9.72.